The predicted octanol–water partition coefficient (Wildman–Crippen LogP) is 2.96. The lowest BCUT2D eigenvalue weighted by Gasteiger charge is -2.33. The molecule has 3 rings (SSSR count). The predicted molar refractivity (Wildman–Crippen MR) is 106 cm³/mol. The first-order valence-electron chi connectivity index (χ1n) is 9.52. The molecule has 1 fully saturated rings. The molecule has 0 aromatic heterocycles. The number of carboxylic acid groups (broad SMARTS) is 1. The third-order valence-electron chi connectivity index (χ3n) is 5.24. The summed E-state index contributed by atoms with van der Waals surface area (Å²) in [7, 11) is 1.59. The standard InChI is InChI=1S/C22H26N2O4/c1-28-19-9-7-17(8-10-19)21(25)23-20(16-5-3-2-4-6-16)15-24-13-11-18(12-14-24)22(26)27/h2-10,18,20H,11-15H2,1H3,(H,23,25)(H,26,27). The summed E-state index contributed by atoms with van der Waals surface area (Å²) in [6, 6.07) is 16.7. The monoisotopic (exact) mass is 382 g/mol. The van der Waals surface area contributed by atoms with E-state index in [2.05, 4.69) is 10.2 Å². The van der Waals surface area contributed by atoms with Crippen molar-refractivity contribution in [1.82, 2.24) is 10.2 Å². The van der Waals surface area contributed by atoms with Gasteiger partial charge in [-0.15, -0.1) is 0 Å². The minimum Gasteiger partial charge on any atom is -0.497 e. The maximum Gasteiger partial charge on any atom is 0.306 e. The van der Waals surface area contributed by atoms with Crippen LogP contribution in [-0.4, -0.2) is 48.6 Å². The molecule has 0 spiro atoms. The third kappa shape index (κ3) is 5.10. The second-order valence-electron chi connectivity index (χ2n) is 7.08. The van der Waals surface area contributed by atoms with Gasteiger partial charge in [0.2, 0.25) is 0 Å². The third-order valence-corrected chi connectivity index (χ3v) is 5.24. The Hall–Kier alpha value is -2.86. The van der Waals surface area contributed by atoms with Gasteiger partial charge in [0.05, 0.1) is 19.1 Å². The molecule has 1 heterocycles. The lowest BCUT2D eigenvalue weighted by molar-refractivity contribution is -0.143. The van der Waals surface area contributed by atoms with Gasteiger partial charge in [-0.25, -0.2) is 0 Å². The number of ether oxygens (including phenoxy) is 1. The molecule has 0 radical (unpaired) electrons. The van der Waals surface area contributed by atoms with Crippen molar-refractivity contribution in [3.8, 4) is 5.75 Å². The van der Waals surface area contributed by atoms with Gasteiger partial charge in [-0.2, -0.15) is 0 Å². The fourth-order valence-electron chi connectivity index (χ4n) is 3.52. The van der Waals surface area contributed by atoms with Crippen LogP contribution >= 0.6 is 0 Å². The van der Waals surface area contributed by atoms with Gasteiger partial charge in [-0.1, -0.05) is 30.3 Å². The van der Waals surface area contributed by atoms with Crippen LogP contribution in [0.25, 0.3) is 0 Å². The molecule has 0 saturated carbocycles. The number of nitrogens with zero attached hydrogens (tertiary/aromatic N) is 1. The number of amides is 1. The Morgan fingerprint density at radius 3 is 2.32 bits per heavy atom. The van der Waals surface area contributed by atoms with Gasteiger partial charge < -0.3 is 20.1 Å². The summed E-state index contributed by atoms with van der Waals surface area (Å²) in [6.45, 7) is 2.09. The molecule has 0 bridgehead atoms. The van der Waals surface area contributed by atoms with Crippen molar-refractivity contribution in [2.45, 2.75) is 18.9 Å². The zero-order valence-electron chi connectivity index (χ0n) is 16.0. The van der Waals surface area contributed by atoms with Gasteiger partial charge in [0, 0.05) is 12.1 Å². The van der Waals surface area contributed by atoms with Crippen molar-refractivity contribution < 1.29 is 19.4 Å². The number of hydrogen-bond acceptors (Lipinski definition) is 4. The highest BCUT2D eigenvalue weighted by Gasteiger charge is 2.27. The molecule has 1 unspecified atom stereocenters. The van der Waals surface area contributed by atoms with E-state index in [0.717, 1.165) is 18.7 Å². The normalized spacial score (nSPS) is 16.3. The van der Waals surface area contributed by atoms with Crippen LogP contribution in [0, 0.1) is 5.92 Å². The summed E-state index contributed by atoms with van der Waals surface area (Å²) in [5.41, 5.74) is 1.61. The van der Waals surface area contributed by atoms with Crippen molar-refractivity contribution in [1.29, 1.82) is 0 Å². The number of piperidine rings is 1. The lowest BCUT2D eigenvalue weighted by Crippen LogP contribution is -2.42. The van der Waals surface area contributed by atoms with E-state index < -0.39 is 5.97 Å². The number of benzene rings is 2. The summed E-state index contributed by atoms with van der Waals surface area (Å²) < 4.78 is 5.15. The number of carbonyl (C=O) groups is 2. The lowest BCUT2D eigenvalue weighted by atomic mass is 9.96. The molecular weight excluding hydrogens is 356 g/mol. The molecule has 1 aliphatic rings. The second kappa shape index (κ2) is 9.37. The van der Waals surface area contributed by atoms with E-state index >= 15 is 0 Å². The van der Waals surface area contributed by atoms with Crippen LogP contribution in [0.2, 0.25) is 0 Å². The van der Waals surface area contributed by atoms with E-state index in [4.69, 9.17) is 4.74 Å². The van der Waals surface area contributed by atoms with Gasteiger partial charge in [0.15, 0.2) is 0 Å². The van der Waals surface area contributed by atoms with Crippen molar-refractivity contribution >= 4 is 11.9 Å². The molecule has 0 aliphatic carbocycles. The van der Waals surface area contributed by atoms with E-state index in [1.807, 2.05) is 30.3 Å². The highest BCUT2D eigenvalue weighted by atomic mass is 16.5. The van der Waals surface area contributed by atoms with E-state index in [1.165, 1.54) is 0 Å². The smallest absolute Gasteiger partial charge is 0.306 e. The van der Waals surface area contributed by atoms with Crippen LogP contribution in [0.1, 0.15) is 34.8 Å². The second-order valence-corrected chi connectivity index (χ2v) is 7.08. The summed E-state index contributed by atoms with van der Waals surface area (Å²) in [6.07, 6.45) is 1.28. The SMILES string of the molecule is COc1ccc(C(=O)NC(CN2CCC(C(=O)O)CC2)c2ccccc2)cc1. The molecule has 28 heavy (non-hydrogen) atoms. The summed E-state index contributed by atoms with van der Waals surface area (Å²) in [4.78, 5) is 26.2. The average molecular weight is 382 g/mol. The summed E-state index contributed by atoms with van der Waals surface area (Å²) >= 11 is 0. The number of carbonyl (C=O) groups excluding carboxylic acids is 1. The first-order valence-corrected chi connectivity index (χ1v) is 9.52. The number of methoxy groups -OCH3 is 1. The Morgan fingerprint density at radius 1 is 1.11 bits per heavy atom. The first kappa shape index (κ1) is 19.9. The Balaban J connectivity index is 1.69. The fraction of sp³-hybridized carbons (Fsp3) is 0.364. The maximum atomic E-state index is 12.8. The van der Waals surface area contributed by atoms with Crippen molar-refractivity contribution in [3.63, 3.8) is 0 Å². The number of rotatable bonds is 7. The summed E-state index contributed by atoms with van der Waals surface area (Å²) in [5.74, 6) is -0.415. The number of aliphatic carboxylic acids is 1. The highest BCUT2D eigenvalue weighted by molar-refractivity contribution is 5.94. The van der Waals surface area contributed by atoms with Crippen LogP contribution in [-0.2, 0) is 4.79 Å². The van der Waals surface area contributed by atoms with E-state index in [9.17, 15) is 14.7 Å². The molecule has 1 aliphatic heterocycles. The molecule has 2 aromatic carbocycles. The van der Waals surface area contributed by atoms with Crippen LogP contribution in [0.15, 0.2) is 54.6 Å². The highest BCUT2D eigenvalue weighted by Crippen LogP contribution is 2.22. The topological polar surface area (TPSA) is 78.9 Å². The quantitative estimate of drug-likeness (QED) is 0.770. The number of nitrogens with one attached hydrogen (secondary N) is 1. The molecule has 6 heteroatoms. The number of carboxylic acids is 1. The molecule has 6 nitrogen and oxygen atoms in total. The molecular formula is C22H26N2O4. The molecule has 1 atom stereocenters. The van der Waals surface area contributed by atoms with E-state index in [1.54, 1.807) is 31.4 Å². The molecule has 2 N–H and O–H groups in total. The van der Waals surface area contributed by atoms with E-state index in [-0.39, 0.29) is 17.9 Å². The Morgan fingerprint density at radius 2 is 1.75 bits per heavy atom. The van der Waals surface area contributed by atoms with Gasteiger partial charge in [-0.3, -0.25) is 9.59 Å². The molecule has 148 valence electrons. The maximum absolute atomic E-state index is 12.8. The first-order chi connectivity index (χ1) is 13.6. The number of hydrogen-bond donors (Lipinski definition) is 2. The van der Waals surface area contributed by atoms with Crippen LogP contribution in [0.4, 0.5) is 0 Å². The van der Waals surface area contributed by atoms with Gasteiger partial charge in [0.1, 0.15) is 5.75 Å². The van der Waals surface area contributed by atoms with Gasteiger partial charge in [-0.05, 0) is 55.8 Å². The number of likely N-dealkylation sites (tertiary alicyclic amines) is 1. The Bertz CT molecular complexity index is 784. The van der Waals surface area contributed by atoms with Crippen molar-refractivity contribution in [2.75, 3.05) is 26.7 Å². The van der Waals surface area contributed by atoms with Crippen molar-refractivity contribution in [2.24, 2.45) is 5.92 Å². The zero-order chi connectivity index (χ0) is 19.9. The van der Waals surface area contributed by atoms with Crippen LogP contribution < -0.4 is 10.1 Å². The minimum absolute atomic E-state index is 0.142. The fourth-order valence-corrected chi connectivity index (χ4v) is 3.52. The summed E-state index contributed by atoms with van der Waals surface area (Å²) in [5, 5.41) is 12.3. The average Bonchev–Trinajstić information content (AvgIpc) is 2.74. The van der Waals surface area contributed by atoms with Crippen LogP contribution in [0.3, 0.4) is 0 Å². The zero-order valence-corrected chi connectivity index (χ0v) is 16.0. The Labute approximate surface area is 165 Å². The largest absolute Gasteiger partial charge is 0.497 e. The van der Waals surface area contributed by atoms with Gasteiger partial charge in [0.25, 0.3) is 5.91 Å². The Kier molecular flexibility index (Phi) is 6.66. The van der Waals surface area contributed by atoms with Crippen LogP contribution in [0.5, 0.6) is 5.75 Å². The van der Waals surface area contributed by atoms with E-state index in [0.29, 0.717) is 30.7 Å². The van der Waals surface area contributed by atoms with Crippen molar-refractivity contribution in [3.05, 3.63) is 65.7 Å². The minimum atomic E-state index is -0.716. The molecule has 1 amide bonds. The molecule has 2 aromatic rings. The van der Waals surface area contributed by atoms with Gasteiger partial charge >= 0.3 is 5.97 Å². The molecule has 1 saturated heterocycles.